The molecular formula is C12H12ClNS. The van der Waals surface area contributed by atoms with Gasteiger partial charge in [0.1, 0.15) is 0 Å². The van der Waals surface area contributed by atoms with E-state index in [0.29, 0.717) is 0 Å². The normalized spacial score (nSPS) is 16.1. The Morgan fingerprint density at radius 3 is 3.00 bits per heavy atom. The van der Waals surface area contributed by atoms with Crippen LogP contribution in [0, 0.1) is 0 Å². The molecule has 1 saturated carbocycles. The van der Waals surface area contributed by atoms with Crippen molar-refractivity contribution in [3.05, 3.63) is 34.2 Å². The summed E-state index contributed by atoms with van der Waals surface area (Å²) in [5.41, 5.74) is 0. The molecule has 3 rings (SSSR count). The van der Waals surface area contributed by atoms with Gasteiger partial charge in [-0.05, 0) is 31.0 Å². The van der Waals surface area contributed by atoms with Crippen LogP contribution in [0.1, 0.15) is 17.7 Å². The molecule has 1 aromatic heterocycles. The van der Waals surface area contributed by atoms with Crippen molar-refractivity contribution in [3.8, 4) is 0 Å². The molecule has 0 saturated heterocycles. The van der Waals surface area contributed by atoms with E-state index in [1.165, 1.54) is 27.8 Å². The number of benzene rings is 1. The Kier molecular flexibility index (Phi) is 2.43. The summed E-state index contributed by atoms with van der Waals surface area (Å²) in [6, 6.07) is 9.07. The second-order valence-corrected chi connectivity index (χ2v) is 5.60. The second kappa shape index (κ2) is 3.78. The van der Waals surface area contributed by atoms with E-state index < -0.39 is 0 Å². The van der Waals surface area contributed by atoms with Crippen molar-refractivity contribution in [1.29, 1.82) is 0 Å². The van der Waals surface area contributed by atoms with Gasteiger partial charge in [0.25, 0.3) is 0 Å². The minimum atomic E-state index is 0.769. The van der Waals surface area contributed by atoms with Gasteiger partial charge in [-0.3, -0.25) is 0 Å². The van der Waals surface area contributed by atoms with Crippen molar-refractivity contribution in [1.82, 2.24) is 5.32 Å². The summed E-state index contributed by atoms with van der Waals surface area (Å²) >= 11 is 7.97. The summed E-state index contributed by atoms with van der Waals surface area (Å²) in [5, 5.41) is 5.57. The minimum Gasteiger partial charge on any atom is -0.309 e. The van der Waals surface area contributed by atoms with E-state index in [0.717, 1.165) is 17.6 Å². The van der Waals surface area contributed by atoms with Crippen molar-refractivity contribution < 1.29 is 0 Å². The van der Waals surface area contributed by atoms with Crippen LogP contribution in [0.2, 0.25) is 5.02 Å². The molecule has 1 aliphatic rings. The lowest BCUT2D eigenvalue weighted by Crippen LogP contribution is -2.14. The van der Waals surface area contributed by atoms with Gasteiger partial charge in [-0.15, -0.1) is 11.3 Å². The summed E-state index contributed by atoms with van der Waals surface area (Å²) in [7, 11) is 0. The van der Waals surface area contributed by atoms with Crippen LogP contribution in [0.3, 0.4) is 0 Å². The van der Waals surface area contributed by atoms with Gasteiger partial charge in [-0.25, -0.2) is 0 Å². The maximum absolute atomic E-state index is 6.13. The molecule has 3 heteroatoms. The fourth-order valence-electron chi connectivity index (χ4n) is 1.70. The quantitative estimate of drug-likeness (QED) is 0.856. The van der Waals surface area contributed by atoms with Gasteiger partial charge in [0.15, 0.2) is 0 Å². The van der Waals surface area contributed by atoms with Crippen molar-refractivity contribution >= 4 is 33.0 Å². The molecule has 2 aromatic rings. The highest BCUT2D eigenvalue weighted by Gasteiger charge is 2.20. The van der Waals surface area contributed by atoms with Gasteiger partial charge in [-0.2, -0.15) is 0 Å². The Morgan fingerprint density at radius 1 is 1.40 bits per heavy atom. The third-order valence-corrected chi connectivity index (χ3v) is 4.13. The van der Waals surface area contributed by atoms with E-state index in [9.17, 15) is 0 Å². The van der Waals surface area contributed by atoms with Gasteiger partial charge in [0.2, 0.25) is 0 Å². The maximum atomic E-state index is 6.13. The van der Waals surface area contributed by atoms with E-state index in [2.05, 4.69) is 17.4 Å². The van der Waals surface area contributed by atoms with Crippen LogP contribution in [0.25, 0.3) is 10.1 Å². The average molecular weight is 238 g/mol. The monoisotopic (exact) mass is 237 g/mol. The smallest absolute Gasteiger partial charge is 0.0492 e. The van der Waals surface area contributed by atoms with Gasteiger partial charge in [0, 0.05) is 32.6 Å². The molecule has 1 fully saturated rings. The predicted molar refractivity (Wildman–Crippen MR) is 66.7 cm³/mol. The first kappa shape index (κ1) is 9.64. The molecule has 1 aromatic carbocycles. The summed E-state index contributed by atoms with van der Waals surface area (Å²) in [5.74, 6) is 0. The fourth-order valence-corrected chi connectivity index (χ4v) is 3.02. The second-order valence-electron chi connectivity index (χ2n) is 4.02. The Labute approximate surface area is 98.1 Å². The van der Waals surface area contributed by atoms with Crippen LogP contribution in [0.15, 0.2) is 24.3 Å². The van der Waals surface area contributed by atoms with E-state index in [-0.39, 0.29) is 0 Å². The van der Waals surface area contributed by atoms with E-state index in [1.807, 2.05) is 23.5 Å². The highest BCUT2D eigenvalue weighted by Crippen LogP contribution is 2.31. The minimum absolute atomic E-state index is 0.769. The molecule has 1 heterocycles. The van der Waals surface area contributed by atoms with Crippen LogP contribution in [0.4, 0.5) is 0 Å². The first-order valence-electron chi connectivity index (χ1n) is 5.23. The Hall–Kier alpha value is -0.570. The molecule has 0 amide bonds. The van der Waals surface area contributed by atoms with E-state index >= 15 is 0 Å². The summed E-state index contributed by atoms with van der Waals surface area (Å²) < 4.78 is 1.29. The zero-order valence-corrected chi connectivity index (χ0v) is 9.87. The first-order valence-corrected chi connectivity index (χ1v) is 6.43. The highest BCUT2D eigenvalue weighted by molar-refractivity contribution is 7.19. The average Bonchev–Trinajstić information content (AvgIpc) is 2.95. The summed E-state index contributed by atoms with van der Waals surface area (Å²) in [6.45, 7) is 0.986. The van der Waals surface area contributed by atoms with Crippen LogP contribution in [0.5, 0.6) is 0 Å². The predicted octanol–water partition coefficient (Wildman–Crippen LogP) is 3.81. The fraction of sp³-hybridized carbons (Fsp3) is 0.333. The highest BCUT2D eigenvalue weighted by atomic mass is 35.5. The van der Waals surface area contributed by atoms with Crippen molar-refractivity contribution in [2.45, 2.75) is 25.4 Å². The molecule has 0 spiro atoms. The largest absolute Gasteiger partial charge is 0.309 e. The van der Waals surface area contributed by atoms with Crippen molar-refractivity contribution in [2.24, 2.45) is 0 Å². The van der Waals surface area contributed by atoms with E-state index in [1.54, 1.807) is 0 Å². The van der Waals surface area contributed by atoms with Gasteiger partial charge < -0.3 is 5.32 Å². The zero-order valence-electron chi connectivity index (χ0n) is 8.29. The number of rotatable bonds is 3. The number of hydrogen-bond acceptors (Lipinski definition) is 2. The van der Waals surface area contributed by atoms with Crippen LogP contribution in [-0.2, 0) is 6.54 Å². The van der Waals surface area contributed by atoms with Crippen molar-refractivity contribution in [3.63, 3.8) is 0 Å². The van der Waals surface area contributed by atoms with Crippen LogP contribution < -0.4 is 5.32 Å². The molecule has 78 valence electrons. The number of halogens is 1. The Balaban J connectivity index is 1.88. The summed E-state index contributed by atoms with van der Waals surface area (Å²) in [6.07, 6.45) is 2.68. The molecule has 1 nitrogen and oxygen atoms in total. The third kappa shape index (κ3) is 2.03. The molecule has 0 bridgehead atoms. The van der Waals surface area contributed by atoms with E-state index in [4.69, 9.17) is 11.6 Å². The lowest BCUT2D eigenvalue weighted by molar-refractivity contribution is 0.695. The SMILES string of the molecule is Clc1cccc2sc(CNC3CC3)cc12. The number of hydrogen-bond donors (Lipinski definition) is 1. The number of nitrogens with one attached hydrogen (secondary N) is 1. The van der Waals surface area contributed by atoms with Gasteiger partial charge in [0.05, 0.1) is 0 Å². The Morgan fingerprint density at radius 2 is 2.27 bits per heavy atom. The molecule has 1 aliphatic carbocycles. The Bertz CT molecular complexity index is 487. The molecule has 1 N–H and O–H groups in total. The lowest BCUT2D eigenvalue weighted by atomic mass is 10.2. The molecule has 15 heavy (non-hydrogen) atoms. The topological polar surface area (TPSA) is 12.0 Å². The molecule has 0 radical (unpaired) electrons. The standard InChI is InChI=1S/C12H12ClNS/c13-11-2-1-3-12-10(11)6-9(15-12)7-14-8-4-5-8/h1-3,6,8,14H,4-5,7H2. The lowest BCUT2D eigenvalue weighted by Gasteiger charge is -1.97. The number of fused-ring (bicyclic) bond motifs is 1. The van der Waals surface area contributed by atoms with Gasteiger partial charge in [-0.1, -0.05) is 17.7 Å². The zero-order chi connectivity index (χ0) is 10.3. The number of thiophene rings is 1. The molecule has 0 unspecified atom stereocenters. The van der Waals surface area contributed by atoms with Crippen molar-refractivity contribution in [2.75, 3.05) is 0 Å². The van der Waals surface area contributed by atoms with Crippen LogP contribution >= 0.6 is 22.9 Å². The maximum Gasteiger partial charge on any atom is 0.0492 e. The van der Waals surface area contributed by atoms with Crippen LogP contribution in [-0.4, -0.2) is 6.04 Å². The molecule has 0 atom stereocenters. The first-order chi connectivity index (χ1) is 7.33. The van der Waals surface area contributed by atoms with Gasteiger partial charge >= 0.3 is 0 Å². The molecule has 0 aliphatic heterocycles. The summed E-state index contributed by atoms with van der Waals surface area (Å²) in [4.78, 5) is 1.38. The molecular weight excluding hydrogens is 226 g/mol. The third-order valence-electron chi connectivity index (χ3n) is 2.70.